The lowest BCUT2D eigenvalue weighted by Gasteiger charge is -2.06. The first-order valence-corrected chi connectivity index (χ1v) is 7.47. The van der Waals surface area contributed by atoms with Crippen molar-refractivity contribution in [2.75, 3.05) is 20.3 Å². The summed E-state index contributed by atoms with van der Waals surface area (Å²) >= 11 is 0. The lowest BCUT2D eigenvalue weighted by atomic mass is 10.2. The molecule has 23 heavy (non-hydrogen) atoms. The Balaban J connectivity index is 1.72. The number of carbonyl (C=O) groups is 1. The number of methoxy groups -OCH3 is 1. The standard InChI is InChI=1S/C19H21NO3/c1-15-6-9-17(10-7-15)23-13-12-20-19(21)11-8-16-4-3-5-18(14-16)22-2/h3-11,14H,12-13H2,1-2H3,(H,20,21)/b11-8+. The van der Waals surface area contributed by atoms with Gasteiger partial charge >= 0.3 is 0 Å². The van der Waals surface area contributed by atoms with Crippen molar-refractivity contribution in [2.45, 2.75) is 6.92 Å². The molecule has 0 aromatic heterocycles. The molecule has 2 rings (SSSR count). The number of hydrogen-bond acceptors (Lipinski definition) is 3. The predicted molar refractivity (Wildman–Crippen MR) is 91.7 cm³/mol. The van der Waals surface area contributed by atoms with Crippen molar-refractivity contribution in [2.24, 2.45) is 0 Å². The first-order valence-electron chi connectivity index (χ1n) is 7.47. The second kappa shape index (κ2) is 8.63. The van der Waals surface area contributed by atoms with Gasteiger partial charge in [0.25, 0.3) is 0 Å². The molecule has 120 valence electrons. The van der Waals surface area contributed by atoms with Crippen LogP contribution >= 0.6 is 0 Å². The van der Waals surface area contributed by atoms with E-state index in [1.807, 2.05) is 55.5 Å². The molecule has 0 saturated carbocycles. The van der Waals surface area contributed by atoms with Crippen molar-refractivity contribution in [1.82, 2.24) is 5.32 Å². The third-order valence-electron chi connectivity index (χ3n) is 3.21. The summed E-state index contributed by atoms with van der Waals surface area (Å²) in [5.74, 6) is 1.41. The Bertz CT molecular complexity index is 663. The zero-order valence-electron chi connectivity index (χ0n) is 13.4. The van der Waals surface area contributed by atoms with Gasteiger partial charge in [0.05, 0.1) is 13.7 Å². The number of amides is 1. The van der Waals surface area contributed by atoms with Crippen LogP contribution in [0.2, 0.25) is 0 Å². The molecular weight excluding hydrogens is 290 g/mol. The summed E-state index contributed by atoms with van der Waals surface area (Å²) in [4.78, 5) is 11.7. The van der Waals surface area contributed by atoms with Crippen LogP contribution in [0.1, 0.15) is 11.1 Å². The van der Waals surface area contributed by atoms with E-state index in [9.17, 15) is 4.79 Å². The molecule has 0 spiro atoms. The molecule has 0 radical (unpaired) electrons. The van der Waals surface area contributed by atoms with Gasteiger partial charge in [0, 0.05) is 6.08 Å². The fraction of sp³-hybridized carbons (Fsp3) is 0.211. The molecule has 2 aromatic rings. The molecule has 0 aliphatic rings. The largest absolute Gasteiger partial charge is 0.497 e. The molecule has 1 N–H and O–H groups in total. The van der Waals surface area contributed by atoms with E-state index in [4.69, 9.17) is 9.47 Å². The third kappa shape index (κ3) is 5.87. The van der Waals surface area contributed by atoms with Crippen LogP contribution in [0.15, 0.2) is 54.6 Å². The highest BCUT2D eigenvalue weighted by molar-refractivity contribution is 5.91. The van der Waals surface area contributed by atoms with E-state index in [0.29, 0.717) is 13.2 Å². The molecule has 2 aromatic carbocycles. The number of carbonyl (C=O) groups excluding carboxylic acids is 1. The Morgan fingerprint density at radius 3 is 2.65 bits per heavy atom. The van der Waals surface area contributed by atoms with E-state index in [1.54, 1.807) is 13.2 Å². The molecule has 0 heterocycles. The van der Waals surface area contributed by atoms with Crippen LogP contribution in [-0.2, 0) is 4.79 Å². The highest BCUT2D eigenvalue weighted by Crippen LogP contribution is 2.13. The van der Waals surface area contributed by atoms with Crippen LogP contribution in [0.25, 0.3) is 6.08 Å². The van der Waals surface area contributed by atoms with Crippen LogP contribution in [0, 0.1) is 6.92 Å². The summed E-state index contributed by atoms with van der Waals surface area (Å²) in [5.41, 5.74) is 2.10. The molecule has 0 aliphatic heterocycles. The lowest BCUT2D eigenvalue weighted by molar-refractivity contribution is -0.116. The average Bonchev–Trinajstić information content (AvgIpc) is 2.58. The Morgan fingerprint density at radius 2 is 1.91 bits per heavy atom. The van der Waals surface area contributed by atoms with Crippen molar-refractivity contribution < 1.29 is 14.3 Å². The van der Waals surface area contributed by atoms with Crippen LogP contribution in [-0.4, -0.2) is 26.2 Å². The van der Waals surface area contributed by atoms with Gasteiger partial charge in [-0.3, -0.25) is 4.79 Å². The number of hydrogen-bond donors (Lipinski definition) is 1. The maximum Gasteiger partial charge on any atom is 0.244 e. The van der Waals surface area contributed by atoms with Crippen molar-refractivity contribution in [3.63, 3.8) is 0 Å². The molecule has 0 atom stereocenters. The first-order chi connectivity index (χ1) is 11.2. The minimum Gasteiger partial charge on any atom is -0.497 e. The van der Waals surface area contributed by atoms with Crippen LogP contribution < -0.4 is 14.8 Å². The van der Waals surface area contributed by atoms with Gasteiger partial charge in [0.2, 0.25) is 5.91 Å². The molecule has 0 fully saturated rings. The molecule has 0 unspecified atom stereocenters. The lowest BCUT2D eigenvalue weighted by Crippen LogP contribution is -2.26. The number of benzene rings is 2. The minimum absolute atomic E-state index is 0.152. The van der Waals surface area contributed by atoms with Crippen LogP contribution in [0.5, 0.6) is 11.5 Å². The van der Waals surface area contributed by atoms with Gasteiger partial charge in [-0.15, -0.1) is 0 Å². The molecule has 4 heteroatoms. The van der Waals surface area contributed by atoms with E-state index in [2.05, 4.69) is 5.32 Å². The SMILES string of the molecule is COc1cccc(/C=C/C(=O)NCCOc2ccc(C)cc2)c1. The molecule has 1 amide bonds. The Labute approximate surface area is 136 Å². The summed E-state index contributed by atoms with van der Waals surface area (Å²) in [6.45, 7) is 2.91. The fourth-order valence-corrected chi connectivity index (χ4v) is 1.95. The van der Waals surface area contributed by atoms with Gasteiger partial charge in [-0.1, -0.05) is 29.8 Å². The van der Waals surface area contributed by atoms with E-state index < -0.39 is 0 Å². The van der Waals surface area contributed by atoms with Gasteiger partial charge < -0.3 is 14.8 Å². The average molecular weight is 311 g/mol. The van der Waals surface area contributed by atoms with Crippen molar-refractivity contribution in [3.8, 4) is 11.5 Å². The van der Waals surface area contributed by atoms with Gasteiger partial charge in [0.15, 0.2) is 0 Å². The van der Waals surface area contributed by atoms with Gasteiger partial charge in [0.1, 0.15) is 18.1 Å². The Hall–Kier alpha value is -2.75. The number of nitrogens with one attached hydrogen (secondary N) is 1. The summed E-state index contributed by atoms with van der Waals surface area (Å²) in [6.07, 6.45) is 3.25. The fourth-order valence-electron chi connectivity index (χ4n) is 1.95. The monoisotopic (exact) mass is 311 g/mol. The smallest absolute Gasteiger partial charge is 0.244 e. The second-order valence-corrected chi connectivity index (χ2v) is 5.06. The number of ether oxygens (including phenoxy) is 2. The van der Waals surface area contributed by atoms with Gasteiger partial charge in [-0.2, -0.15) is 0 Å². The molecule has 0 saturated heterocycles. The Kier molecular flexibility index (Phi) is 6.24. The number of rotatable bonds is 7. The highest BCUT2D eigenvalue weighted by atomic mass is 16.5. The molecule has 0 bridgehead atoms. The van der Waals surface area contributed by atoms with E-state index in [-0.39, 0.29) is 5.91 Å². The quantitative estimate of drug-likeness (QED) is 0.631. The number of aryl methyl sites for hydroxylation is 1. The second-order valence-electron chi connectivity index (χ2n) is 5.06. The zero-order chi connectivity index (χ0) is 16.5. The van der Waals surface area contributed by atoms with Crippen LogP contribution in [0.4, 0.5) is 0 Å². The molecule has 0 aliphatic carbocycles. The maximum absolute atomic E-state index is 11.7. The van der Waals surface area contributed by atoms with Crippen molar-refractivity contribution in [1.29, 1.82) is 0 Å². The van der Waals surface area contributed by atoms with Crippen molar-refractivity contribution in [3.05, 3.63) is 65.7 Å². The maximum atomic E-state index is 11.7. The summed E-state index contributed by atoms with van der Waals surface area (Å²) in [6, 6.07) is 15.3. The van der Waals surface area contributed by atoms with E-state index >= 15 is 0 Å². The van der Waals surface area contributed by atoms with Crippen molar-refractivity contribution >= 4 is 12.0 Å². The van der Waals surface area contributed by atoms with Gasteiger partial charge in [-0.05, 0) is 42.8 Å². The molecular formula is C19H21NO3. The predicted octanol–water partition coefficient (Wildman–Crippen LogP) is 3.21. The summed E-state index contributed by atoms with van der Waals surface area (Å²) in [7, 11) is 1.61. The summed E-state index contributed by atoms with van der Waals surface area (Å²) in [5, 5.41) is 2.78. The first kappa shape index (κ1) is 16.6. The van der Waals surface area contributed by atoms with E-state index in [0.717, 1.165) is 17.1 Å². The normalized spacial score (nSPS) is 10.5. The third-order valence-corrected chi connectivity index (χ3v) is 3.21. The zero-order valence-corrected chi connectivity index (χ0v) is 13.4. The minimum atomic E-state index is -0.152. The molecule has 4 nitrogen and oxygen atoms in total. The highest BCUT2D eigenvalue weighted by Gasteiger charge is 1.97. The van der Waals surface area contributed by atoms with E-state index in [1.165, 1.54) is 11.6 Å². The summed E-state index contributed by atoms with van der Waals surface area (Å²) < 4.78 is 10.7. The van der Waals surface area contributed by atoms with Crippen LogP contribution in [0.3, 0.4) is 0 Å². The van der Waals surface area contributed by atoms with Gasteiger partial charge in [-0.25, -0.2) is 0 Å². The Morgan fingerprint density at radius 1 is 1.13 bits per heavy atom. The topological polar surface area (TPSA) is 47.6 Å².